The van der Waals surface area contributed by atoms with Crippen LogP contribution in [0, 0.1) is 0 Å². The SMILES string of the molecule is CC(C(=O)O)N(C(C)C(=O)O)[C@@H](CC(=O)O)C(=O)O. The van der Waals surface area contributed by atoms with Gasteiger partial charge in [0.05, 0.1) is 6.42 Å². The summed E-state index contributed by atoms with van der Waals surface area (Å²) in [5, 5.41) is 35.3. The van der Waals surface area contributed by atoms with Crippen molar-refractivity contribution in [3.8, 4) is 0 Å². The smallest absolute Gasteiger partial charge is 0.321 e. The normalized spacial score (nSPS) is 15.5. The van der Waals surface area contributed by atoms with Crippen molar-refractivity contribution in [2.75, 3.05) is 0 Å². The second-order valence-corrected chi connectivity index (χ2v) is 3.93. The molecule has 9 nitrogen and oxygen atoms in total. The van der Waals surface area contributed by atoms with Crippen molar-refractivity contribution in [3.05, 3.63) is 0 Å². The van der Waals surface area contributed by atoms with Crippen LogP contribution in [0.25, 0.3) is 0 Å². The van der Waals surface area contributed by atoms with Gasteiger partial charge in [0.25, 0.3) is 0 Å². The molecule has 0 heterocycles. The molecule has 0 spiro atoms. The second-order valence-electron chi connectivity index (χ2n) is 3.93. The molecule has 0 aliphatic carbocycles. The highest BCUT2D eigenvalue weighted by atomic mass is 16.4. The largest absolute Gasteiger partial charge is 0.481 e. The third-order valence-corrected chi connectivity index (χ3v) is 2.62. The van der Waals surface area contributed by atoms with E-state index in [4.69, 9.17) is 20.4 Å². The maximum absolute atomic E-state index is 11.0. The van der Waals surface area contributed by atoms with Crippen LogP contribution in [0.2, 0.25) is 0 Å². The third kappa shape index (κ3) is 4.54. The topological polar surface area (TPSA) is 152 Å². The van der Waals surface area contributed by atoms with E-state index in [1.807, 2.05) is 0 Å². The van der Waals surface area contributed by atoms with Crippen molar-refractivity contribution >= 4 is 23.9 Å². The molecule has 0 aromatic heterocycles. The van der Waals surface area contributed by atoms with Gasteiger partial charge in [-0.15, -0.1) is 0 Å². The summed E-state index contributed by atoms with van der Waals surface area (Å²) < 4.78 is 0. The predicted octanol–water partition coefficient (Wildman–Crippen LogP) is -0.837. The van der Waals surface area contributed by atoms with Crippen molar-refractivity contribution < 1.29 is 39.6 Å². The molecule has 0 rings (SSSR count). The zero-order valence-electron chi connectivity index (χ0n) is 10.3. The monoisotopic (exact) mass is 277 g/mol. The summed E-state index contributed by atoms with van der Waals surface area (Å²) in [5.74, 6) is -5.94. The molecular formula is C10H15NO8. The zero-order valence-corrected chi connectivity index (χ0v) is 10.3. The van der Waals surface area contributed by atoms with Gasteiger partial charge in [0.1, 0.15) is 18.1 Å². The first-order chi connectivity index (χ1) is 8.59. The Morgan fingerprint density at radius 3 is 1.42 bits per heavy atom. The molecule has 0 saturated heterocycles. The fraction of sp³-hybridized carbons (Fsp3) is 0.600. The van der Waals surface area contributed by atoms with Crippen molar-refractivity contribution in [1.29, 1.82) is 0 Å². The summed E-state index contributed by atoms with van der Waals surface area (Å²) in [4.78, 5) is 44.1. The van der Waals surface area contributed by atoms with Crippen LogP contribution in [-0.4, -0.2) is 67.3 Å². The molecule has 108 valence electrons. The van der Waals surface area contributed by atoms with E-state index < -0.39 is 48.4 Å². The number of carboxylic acid groups (broad SMARTS) is 4. The lowest BCUT2D eigenvalue weighted by Gasteiger charge is -2.34. The van der Waals surface area contributed by atoms with E-state index >= 15 is 0 Å². The van der Waals surface area contributed by atoms with E-state index in [9.17, 15) is 19.2 Å². The van der Waals surface area contributed by atoms with Gasteiger partial charge in [-0.3, -0.25) is 24.1 Å². The van der Waals surface area contributed by atoms with E-state index in [0.29, 0.717) is 4.90 Å². The molecule has 3 atom stereocenters. The van der Waals surface area contributed by atoms with E-state index in [-0.39, 0.29) is 0 Å². The van der Waals surface area contributed by atoms with Gasteiger partial charge in [0, 0.05) is 0 Å². The Hall–Kier alpha value is -2.16. The number of nitrogens with zero attached hydrogens (tertiary/aromatic N) is 1. The number of hydrogen-bond donors (Lipinski definition) is 4. The highest BCUT2D eigenvalue weighted by molar-refractivity contribution is 5.84. The number of hydrogen-bond acceptors (Lipinski definition) is 5. The molecule has 0 saturated carbocycles. The summed E-state index contributed by atoms with van der Waals surface area (Å²) in [7, 11) is 0. The second kappa shape index (κ2) is 6.69. The number of aliphatic carboxylic acids is 4. The Labute approximate surface area is 108 Å². The van der Waals surface area contributed by atoms with Gasteiger partial charge in [0.2, 0.25) is 0 Å². The molecular weight excluding hydrogens is 262 g/mol. The van der Waals surface area contributed by atoms with Gasteiger partial charge < -0.3 is 20.4 Å². The average Bonchev–Trinajstić information content (AvgIpc) is 2.26. The van der Waals surface area contributed by atoms with Crippen LogP contribution in [0.15, 0.2) is 0 Å². The average molecular weight is 277 g/mol. The molecule has 2 unspecified atom stereocenters. The number of carboxylic acids is 4. The molecule has 0 aromatic rings. The first-order valence-electron chi connectivity index (χ1n) is 5.27. The highest BCUT2D eigenvalue weighted by Gasteiger charge is 2.39. The van der Waals surface area contributed by atoms with E-state index in [2.05, 4.69) is 0 Å². The maximum atomic E-state index is 11.0. The van der Waals surface area contributed by atoms with Crippen LogP contribution in [0.1, 0.15) is 20.3 Å². The van der Waals surface area contributed by atoms with E-state index in [0.717, 1.165) is 13.8 Å². The summed E-state index contributed by atoms with van der Waals surface area (Å²) in [6.45, 7) is 2.19. The van der Waals surface area contributed by atoms with Crippen LogP contribution < -0.4 is 0 Å². The van der Waals surface area contributed by atoms with Gasteiger partial charge in [-0.25, -0.2) is 0 Å². The Morgan fingerprint density at radius 2 is 1.21 bits per heavy atom. The minimum atomic E-state index is -1.74. The fourth-order valence-corrected chi connectivity index (χ4v) is 1.62. The molecule has 0 fully saturated rings. The van der Waals surface area contributed by atoms with Crippen LogP contribution in [0.4, 0.5) is 0 Å². The minimum Gasteiger partial charge on any atom is -0.481 e. The van der Waals surface area contributed by atoms with Gasteiger partial charge in [-0.05, 0) is 13.8 Å². The van der Waals surface area contributed by atoms with Crippen LogP contribution >= 0.6 is 0 Å². The fourth-order valence-electron chi connectivity index (χ4n) is 1.62. The van der Waals surface area contributed by atoms with Crippen molar-refractivity contribution in [3.63, 3.8) is 0 Å². The maximum Gasteiger partial charge on any atom is 0.321 e. The first kappa shape index (κ1) is 16.8. The van der Waals surface area contributed by atoms with Gasteiger partial charge in [-0.1, -0.05) is 0 Å². The van der Waals surface area contributed by atoms with E-state index in [1.54, 1.807) is 0 Å². The van der Waals surface area contributed by atoms with E-state index in [1.165, 1.54) is 0 Å². The Balaban J connectivity index is 5.50. The molecule has 0 amide bonds. The third-order valence-electron chi connectivity index (χ3n) is 2.62. The summed E-state index contributed by atoms with van der Waals surface area (Å²) >= 11 is 0. The minimum absolute atomic E-state index is 0.640. The standard InChI is InChI=1S/C10H15NO8/c1-4(8(14)15)11(5(2)9(16)17)6(10(18)19)3-7(12)13/h4-6H,3H2,1-2H3,(H,12,13)(H,14,15)(H,16,17)(H,18,19)/t4?,5?,6-/m0/s1. The number of rotatable bonds is 8. The Kier molecular flexibility index (Phi) is 5.93. The molecule has 0 bridgehead atoms. The molecule has 0 radical (unpaired) electrons. The van der Waals surface area contributed by atoms with Crippen molar-refractivity contribution in [2.24, 2.45) is 0 Å². The molecule has 4 N–H and O–H groups in total. The lowest BCUT2D eigenvalue weighted by atomic mass is 10.1. The summed E-state index contributed by atoms with van der Waals surface area (Å²) in [5.41, 5.74) is 0. The lowest BCUT2D eigenvalue weighted by molar-refractivity contribution is -0.161. The zero-order chi connectivity index (χ0) is 15.3. The van der Waals surface area contributed by atoms with Crippen molar-refractivity contribution in [2.45, 2.75) is 38.4 Å². The first-order valence-corrected chi connectivity index (χ1v) is 5.27. The van der Waals surface area contributed by atoms with Gasteiger partial charge in [-0.2, -0.15) is 0 Å². The molecule has 0 aliphatic heterocycles. The predicted molar refractivity (Wildman–Crippen MR) is 59.7 cm³/mol. The Morgan fingerprint density at radius 1 is 0.842 bits per heavy atom. The molecule has 9 heteroatoms. The summed E-state index contributed by atoms with van der Waals surface area (Å²) in [6.07, 6.45) is -0.898. The van der Waals surface area contributed by atoms with Crippen LogP contribution in [0.3, 0.4) is 0 Å². The van der Waals surface area contributed by atoms with Gasteiger partial charge >= 0.3 is 23.9 Å². The summed E-state index contributed by atoms with van der Waals surface area (Å²) in [6, 6.07) is -4.65. The molecule has 0 aliphatic rings. The van der Waals surface area contributed by atoms with Gasteiger partial charge in [0.15, 0.2) is 0 Å². The Bertz CT molecular complexity index is 373. The lowest BCUT2D eigenvalue weighted by Crippen LogP contribution is -2.56. The molecule has 0 aromatic carbocycles. The number of carbonyl (C=O) groups is 4. The molecule has 19 heavy (non-hydrogen) atoms. The van der Waals surface area contributed by atoms with Crippen molar-refractivity contribution in [1.82, 2.24) is 4.90 Å². The van der Waals surface area contributed by atoms with Crippen LogP contribution in [-0.2, 0) is 19.2 Å². The quantitative estimate of drug-likeness (QED) is 0.444. The van der Waals surface area contributed by atoms with Crippen LogP contribution in [0.5, 0.6) is 0 Å². The highest BCUT2D eigenvalue weighted by Crippen LogP contribution is 2.15.